The monoisotopic (exact) mass is 564 g/mol. The third-order valence-electron chi connectivity index (χ3n) is 7.34. The summed E-state index contributed by atoms with van der Waals surface area (Å²) in [5, 5.41) is 11.7. The second-order valence-electron chi connectivity index (χ2n) is 11.4. The molecule has 1 aliphatic rings. The lowest BCUT2D eigenvalue weighted by Gasteiger charge is -2.43. The van der Waals surface area contributed by atoms with Crippen molar-refractivity contribution in [1.29, 1.82) is 0 Å². The first kappa shape index (κ1) is 29.4. The molecule has 1 N–H and O–H groups in total. The molecule has 6 nitrogen and oxygen atoms in total. The van der Waals surface area contributed by atoms with Crippen LogP contribution in [0, 0.1) is 12.7 Å². The molecule has 1 heterocycles. The number of piperazine rings is 1. The summed E-state index contributed by atoms with van der Waals surface area (Å²) in [5.41, 5.74) is 4.84. The zero-order valence-corrected chi connectivity index (χ0v) is 24.8. The molecular formula is C32H38ClFN4O2. The standard InChI is InChI=1S/C32H38ClFN4O2/c1-22-7-8-24(18-30(22)36-13-15-38(16-14-36)32(2,3)4)27-20-25(34)19-26(31(27)40)23-9-10-29(28(33)17-23)37(21-39)12-11-35(5)6/h7-12,17-21,40H,13-16H2,1-6H3/b12-11-. The molecule has 0 spiro atoms. The van der Waals surface area contributed by atoms with Crippen LogP contribution in [0.2, 0.25) is 5.02 Å². The van der Waals surface area contributed by atoms with Crippen LogP contribution < -0.4 is 9.80 Å². The molecule has 8 heteroatoms. The number of benzene rings is 3. The largest absolute Gasteiger partial charge is 0.507 e. The van der Waals surface area contributed by atoms with Crippen molar-refractivity contribution in [2.45, 2.75) is 33.2 Å². The SMILES string of the molecule is Cc1ccc(-c2cc(F)cc(-c3ccc(N(C=O)/C=C\N(C)C)c(Cl)c3)c2O)cc1N1CCN(C(C)(C)C)CC1. The third kappa shape index (κ3) is 6.43. The summed E-state index contributed by atoms with van der Waals surface area (Å²) in [6, 6.07) is 13.7. The highest BCUT2D eigenvalue weighted by atomic mass is 35.5. The molecular weight excluding hydrogens is 527 g/mol. The van der Waals surface area contributed by atoms with Gasteiger partial charge >= 0.3 is 0 Å². The second kappa shape index (κ2) is 11.9. The lowest BCUT2D eigenvalue weighted by molar-refractivity contribution is -0.106. The Morgan fingerprint density at radius 1 is 0.925 bits per heavy atom. The summed E-state index contributed by atoms with van der Waals surface area (Å²) in [5.74, 6) is -0.496. The van der Waals surface area contributed by atoms with Crippen molar-refractivity contribution >= 4 is 29.4 Å². The molecule has 0 aliphatic carbocycles. The summed E-state index contributed by atoms with van der Waals surface area (Å²) >= 11 is 6.55. The van der Waals surface area contributed by atoms with Gasteiger partial charge in [-0.05, 0) is 74.7 Å². The molecule has 40 heavy (non-hydrogen) atoms. The number of nitrogens with zero attached hydrogens (tertiary/aromatic N) is 4. The van der Waals surface area contributed by atoms with Gasteiger partial charge in [-0.3, -0.25) is 14.6 Å². The van der Waals surface area contributed by atoms with E-state index in [2.05, 4.69) is 37.5 Å². The second-order valence-corrected chi connectivity index (χ2v) is 11.8. The number of carbonyl (C=O) groups is 1. The number of phenols is 1. The maximum absolute atomic E-state index is 15.0. The van der Waals surface area contributed by atoms with Gasteiger partial charge in [0.15, 0.2) is 0 Å². The average Bonchev–Trinajstić information content (AvgIpc) is 2.90. The number of phenolic OH excluding ortho intramolecular Hbond substituents is 1. The van der Waals surface area contributed by atoms with Crippen LogP contribution >= 0.6 is 11.6 Å². The van der Waals surface area contributed by atoms with Gasteiger partial charge in [0, 0.05) is 75.0 Å². The number of halogens is 2. The van der Waals surface area contributed by atoms with Gasteiger partial charge in [0.05, 0.1) is 10.7 Å². The fourth-order valence-electron chi connectivity index (χ4n) is 5.04. The van der Waals surface area contributed by atoms with E-state index in [4.69, 9.17) is 11.6 Å². The van der Waals surface area contributed by atoms with Gasteiger partial charge < -0.3 is 14.9 Å². The maximum atomic E-state index is 15.0. The Morgan fingerprint density at radius 2 is 1.52 bits per heavy atom. The van der Waals surface area contributed by atoms with Crippen LogP contribution in [0.5, 0.6) is 5.75 Å². The van der Waals surface area contributed by atoms with Gasteiger partial charge in [0.25, 0.3) is 0 Å². The number of carbonyl (C=O) groups excluding carboxylic acids is 1. The van der Waals surface area contributed by atoms with E-state index in [-0.39, 0.29) is 11.3 Å². The van der Waals surface area contributed by atoms with Crippen LogP contribution in [0.15, 0.2) is 60.9 Å². The van der Waals surface area contributed by atoms with Crippen molar-refractivity contribution in [2.24, 2.45) is 0 Å². The molecule has 0 aromatic heterocycles. The number of anilines is 2. The average molecular weight is 565 g/mol. The highest BCUT2D eigenvalue weighted by Gasteiger charge is 2.27. The smallest absolute Gasteiger partial charge is 0.218 e. The van der Waals surface area contributed by atoms with Gasteiger partial charge in [-0.25, -0.2) is 4.39 Å². The maximum Gasteiger partial charge on any atom is 0.218 e. The van der Waals surface area contributed by atoms with Crippen LogP contribution in [0.3, 0.4) is 0 Å². The Kier molecular flexibility index (Phi) is 8.76. The first-order valence-electron chi connectivity index (χ1n) is 13.4. The molecule has 1 fully saturated rings. The van der Waals surface area contributed by atoms with E-state index >= 15 is 0 Å². The van der Waals surface area contributed by atoms with Crippen LogP contribution in [-0.2, 0) is 4.79 Å². The van der Waals surface area contributed by atoms with Gasteiger partial charge in [0.2, 0.25) is 6.41 Å². The lowest BCUT2D eigenvalue weighted by Crippen LogP contribution is -2.53. The molecule has 0 atom stereocenters. The van der Waals surface area contributed by atoms with Crippen molar-refractivity contribution in [3.8, 4) is 28.0 Å². The Morgan fingerprint density at radius 3 is 2.08 bits per heavy atom. The number of aromatic hydroxyl groups is 1. The van der Waals surface area contributed by atoms with Gasteiger partial charge in [0.1, 0.15) is 11.6 Å². The minimum atomic E-state index is -0.465. The molecule has 0 radical (unpaired) electrons. The van der Waals surface area contributed by atoms with Gasteiger partial charge in [-0.1, -0.05) is 29.8 Å². The van der Waals surface area contributed by atoms with E-state index in [1.165, 1.54) is 17.0 Å². The predicted octanol–water partition coefficient (Wildman–Crippen LogP) is 6.74. The highest BCUT2D eigenvalue weighted by Crippen LogP contribution is 2.42. The van der Waals surface area contributed by atoms with E-state index in [1.54, 1.807) is 35.5 Å². The van der Waals surface area contributed by atoms with E-state index in [1.807, 2.05) is 32.3 Å². The number of amides is 1. The first-order valence-corrected chi connectivity index (χ1v) is 13.8. The molecule has 0 saturated carbocycles. The fourth-order valence-corrected chi connectivity index (χ4v) is 5.31. The number of aryl methyl sites for hydroxylation is 1. The Balaban J connectivity index is 1.68. The van der Waals surface area contributed by atoms with Gasteiger partial charge in [-0.15, -0.1) is 0 Å². The van der Waals surface area contributed by atoms with E-state index in [0.717, 1.165) is 43.0 Å². The summed E-state index contributed by atoms with van der Waals surface area (Å²) in [6.07, 6.45) is 3.99. The van der Waals surface area contributed by atoms with Crippen LogP contribution in [0.4, 0.5) is 15.8 Å². The van der Waals surface area contributed by atoms with Crippen LogP contribution in [0.1, 0.15) is 26.3 Å². The van der Waals surface area contributed by atoms with E-state index in [0.29, 0.717) is 33.8 Å². The molecule has 212 valence electrons. The summed E-state index contributed by atoms with van der Waals surface area (Å²) in [4.78, 5) is 19.7. The minimum Gasteiger partial charge on any atom is -0.507 e. The molecule has 1 saturated heterocycles. The van der Waals surface area contributed by atoms with Crippen molar-refractivity contribution in [1.82, 2.24) is 9.80 Å². The predicted molar refractivity (Wildman–Crippen MR) is 164 cm³/mol. The molecule has 3 aromatic carbocycles. The number of rotatable bonds is 7. The number of hydrogen-bond acceptors (Lipinski definition) is 5. The quantitative estimate of drug-likeness (QED) is 0.322. The zero-order valence-electron chi connectivity index (χ0n) is 24.1. The zero-order chi connectivity index (χ0) is 29.2. The molecule has 0 unspecified atom stereocenters. The minimum absolute atomic E-state index is 0.0303. The van der Waals surface area contributed by atoms with Crippen molar-refractivity contribution in [2.75, 3.05) is 50.1 Å². The summed E-state index contributed by atoms with van der Waals surface area (Å²) < 4.78 is 15.0. The van der Waals surface area contributed by atoms with Crippen LogP contribution in [-0.4, -0.2) is 67.1 Å². The summed E-state index contributed by atoms with van der Waals surface area (Å²) in [7, 11) is 3.69. The highest BCUT2D eigenvalue weighted by molar-refractivity contribution is 6.34. The lowest BCUT2D eigenvalue weighted by atomic mass is 9.95. The van der Waals surface area contributed by atoms with E-state index in [9.17, 15) is 14.3 Å². The topological polar surface area (TPSA) is 50.3 Å². The molecule has 1 amide bonds. The van der Waals surface area contributed by atoms with Crippen molar-refractivity contribution in [3.63, 3.8) is 0 Å². The van der Waals surface area contributed by atoms with Gasteiger partial charge in [-0.2, -0.15) is 0 Å². The molecule has 3 aromatic rings. The van der Waals surface area contributed by atoms with Crippen LogP contribution in [0.25, 0.3) is 22.3 Å². The first-order chi connectivity index (χ1) is 18.9. The molecule has 0 bridgehead atoms. The molecule has 1 aliphatic heterocycles. The Hall–Kier alpha value is -3.55. The van der Waals surface area contributed by atoms with Crippen molar-refractivity contribution in [3.05, 3.63) is 77.3 Å². The van der Waals surface area contributed by atoms with E-state index < -0.39 is 5.82 Å². The normalized spacial score (nSPS) is 14.6. The third-order valence-corrected chi connectivity index (χ3v) is 7.64. The number of hydrogen-bond donors (Lipinski definition) is 1. The Labute approximate surface area is 241 Å². The Bertz CT molecular complexity index is 1410. The van der Waals surface area contributed by atoms with Crippen molar-refractivity contribution < 1.29 is 14.3 Å². The fraction of sp³-hybridized carbons (Fsp3) is 0.344. The summed E-state index contributed by atoms with van der Waals surface area (Å²) in [6.45, 7) is 12.5. The molecule has 4 rings (SSSR count).